The van der Waals surface area contributed by atoms with E-state index >= 15 is 0 Å². The summed E-state index contributed by atoms with van der Waals surface area (Å²) in [4.78, 5) is 12.8. The fourth-order valence-corrected chi connectivity index (χ4v) is 1.54. The average Bonchev–Trinajstić information content (AvgIpc) is 2.39. The van der Waals surface area contributed by atoms with E-state index in [1.54, 1.807) is 0 Å². The first-order chi connectivity index (χ1) is 8.99. The zero-order chi connectivity index (χ0) is 14.4. The number of hydrogen-bond donors (Lipinski definition) is 0. The molecule has 102 valence electrons. The molecule has 0 N–H and O–H groups in total. The third-order valence-electron chi connectivity index (χ3n) is 2.60. The second-order valence-electron chi connectivity index (χ2n) is 3.99. The first-order valence-corrected chi connectivity index (χ1v) is 5.62. The van der Waals surface area contributed by atoms with Crippen LogP contribution >= 0.6 is 0 Å². The van der Waals surface area contributed by atoms with Crippen molar-refractivity contribution < 1.29 is 18.3 Å². The first-order valence-electron chi connectivity index (χ1n) is 5.62. The maximum atomic E-state index is 13.7. The van der Waals surface area contributed by atoms with E-state index in [0.717, 1.165) is 12.1 Å². The van der Waals surface area contributed by atoms with Gasteiger partial charge in [0.25, 0.3) is 0 Å². The normalized spacial score (nSPS) is 9.84. The van der Waals surface area contributed by atoms with Crippen molar-refractivity contribution in [3.63, 3.8) is 0 Å². The van der Waals surface area contributed by atoms with Crippen molar-refractivity contribution in [2.75, 3.05) is 14.2 Å². The summed E-state index contributed by atoms with van der Waals surface area (Å²) in [6.45, 7) is -0.0585. The predicted octanol–water partition coefficient (Wildman–Crippen LogP) is 2.24. The number of rotatable bonds is 5. The second-order valence-corrected chi connectivity index (χ2v) is 3.99. The fraction of sp³-hybridized carbons (Fsp3) is 0.385. The van der Waals surface area contributed by atoms with Crippen LogP contribution in [0.25, 0.3) is 0 Å². The van der Waals surface area contributed by atoms with E-state index in [1.165, 1.54) is 19.1 Å². The van der Waals surface area contributed by atoms with E-state index in [9.17, 15) is 13.6 Å². The molecule has 0 spiro atoms. The zero-order valence-electron chi connectivity index (χ0n) is 10.7. The van der Waals surface area contributed by atoms with Gasteiger partial charge in [-0.15, -0.1) is 0 Å². The minimum absolute atomic E-state index is 0.0585. The van der Waals surface area contributed by atoms with E-state index in [2.05, 4.69) is 4.74 Å². The Morgan fingerprint density at radius 1 is 1.42 bits per heavy atom. The Morgan fingerprint density at radius 2 is 2.11 bits per heavy atom. The molecule has 0 aliphatic rings. The number of methoxy groups -OCH3 is 1. The molecule has 0 unspecified atom stereocenters. The molecule has 0 heterocycles. The van der Waals surface area contributed by atoms with Crippen molar-refractivity contribution in [3.05, 3.63) is 29.3 Å². The molecule has 1 rings (SSSR count). The number of ether oxygens (including phenoxy) is 1. The molecule has 0 saturated heterocycles. The van der Waals surface area contributed by atoms with Gasteiger partial charge in [-0.1, -0.05) is 0 Å². The van der Waals surface area contributed by atoms with Gasteiger partial charge in [0.15, 0.2) is 11.6 Å². The molecular weight excluding hydrogens is 254 g/mol. The minimum Gasteiger partial charge on any atom is -0.494 e. The third-order valence-corrected chi connectivity index (χ3v) is 2.60. The summed E-state index contributed by atoms with van der Waals surface area (Å²) in [7, 11) is 2.72. The molecule has 1 amide bonds. The number of carbonyl (C=O) groups excluding carboxylic acids is 1. The fourth-order valence-electron chi connectivity index (χ4n) is 1.54. The molecule has 0 aromatic heterocycles. The highest BCUT2D eigenvalue weighted by Crippen LogP contribution is 2.22. The van der Waals surface area contributed by atoms with E-state index in [0.29, 0.717) is 0 Å². The lowest BCUT2D eigenvalue weighted by atomic mass is 10.1. The Kier molecular flexibility index (Phi) is 5.24. The zero-order valence-corrected chi connectivity index (χ0v) is 10.7. The highest BCUT2D eigenvalue weighted by atomic mass is 19.1. The van der Waals surface area contributed by atoms with Crippen LogP contribution in [0.2, 0.25) is 0 Å². The van der Waals surface area contributed by atoms with Crippen LogP contribution in [0.4, 0.5) is 8.78 Å². The SMILES string of the molecule is COc1cc(F)c(CN(C)C(=O)CCC#N)cc1F. The van der Waals surface area contributed by atoms with Gasteiger partial charge in [-0.25, -0.2) is 8.78 Å². The predicted molar refractivity (Wildman–Crippen MR) is 64.2 cm³/mol. The molecule has 0 aliphatic carbocycles. The molecule has 0 radical (unpaired) electrons. The minimum atomic E-state index is -0.684. The lowest BCUT2D eigenvalue weighted by Crippen LogP contribution is -2.26. The number of carbonyl (C=O) groups is 1. The van der Waals surface area contributed by atoms with Gasteiger partial charge in [0, 0.05) is 38.1 Å². The third kappa shape index (κ3) is 3.91. The van der Waals surface area contributed by atoms with Gasteiger partial charge in [0.1, 0.15) is 5.82 Å². The summed E-state index contributed by atoms with van der Waals surface area (Å²) in [5, 5.41) is 8.38. The topological polar surface area (TPSA) is 53.3 Å². The Morgan fingerprint density at radius 3 is 2.68 bits per heavy atom. The van der Waals surface area contributed by atoms with Gasteiger partial charge >= 0.3 is 0 Å². The van der Waals surface area contributed by atoms with Gasteiger partial charge in [-0.3, -0.25) is 4.79 Å². The lowest BCUT2D eigenvalue weighted by molar-refractivity contribution is -0.130. The average molecular weight is 268 g/mol. The largest absolute Gasteiger partial charge is 0.494 e. The van der Waals surface area contributed by atoms with Crippen molar-refractivity contribution in [1.29, 1.82) is 5.26 Å². The standard InChI is InChI=1S/C13H14F2N2O2/c1-17(13(18)4-3-5-16)8-9-6-11(15)12(19-2)7-10(9)14/h6-7H,3-4,8H2,1-2H3. The summed E-state index contributed by atoms with van der Waals surface area (Å²) >= 11 is 0. The highest BCUT2D eigenvalue weighted by Gasteiger charge is 2.14. The van der Waals surface area contributed by atoms with Crippen LogP contribution < -0.4 is 4.74 Å². The molecule has 0 fully saturated rings. The summed E-state index contributed by atoms with van der Waals surface area (Å²) < 4.78 is 31.8. The van der Waals surface area contributed by atoms with Gasteiger partial charge in [0.2, 0.25) is 5.91 Å². The first kappa shape index (κ1) is 14.9. The number of halogens is 2. The molecule has 0 bridgehead atoms. The van der Waals surface area contributed by atoms with Gasteiger partial charge in [-0.2, -0.15) is 5.26 Å². The van der Waals surface area contributed by atoms with E-state index in [4.69, 9.17) is 5.26 Å². The van der Waals surface area contributed by atoms with Crippen LogP contribution in [0.3, 0.4) is 0 Å². The molecular formula is C13H14F2N2O2. The number of benzene rings is 1. The maximum absolute atomic E-state index is 13.7. The van der Waals surface area contributed by atoms with Crippen LogP contribution in [-0.4, -0.2) is 25.0 Å². The van der Waals surface area contributed by atoms with Crippen LogP contribution in [0.1, 0.15) is 18.4 Å². The van der Waals surface area contributed by atoms with E-state index < -0.39 is 11.6 Å². The molecule has 4 nitrogen and oxygen atoms in total. The van der Waals surface area contributed by atoms with Crippen molar-refractivity contribution in [1.82, 2.24) is 4.90 Å². The second kappa shape index (κ2) is 6.69. The van der Waals surface area contributed by atoms with Gasteiger partial charge in [0.05, 0.1) is 13.2 Å². The summed E-state index contributed by atoms with van der Waals surface area (Å²) in [5.74, 6) is -1.80. The monoisotopic (exact) mass is 268 g/mol. The molecule has 0 saturated carbocycles. The Bertz CT molecular complexity index is 512. The number of nitrogens with zero attached hydrogens (tertiary/aromatic N) is 2. The van der Waals surface area contributed by atoms with E-state index in [1.807, 2.05) is 6.07 Å². The number of hydrogen-bond acceptors (Lipinski definition) is 3. The Balaban J connectivity index is 2.80. The van der Waals surface area contributed by atoms with Crippen molar-refractivity contribution in [2.45, 2.75) is 19.4 Å². The van der Waals surface area contributed by atoms with Gasteiger partial charge < -0.3 is 9.64 Å². The molecule has 1 aromatic carbocycles. The summed E-state index contributed by atoms with van der Waals surface area (Å²) in [6, 6.07) is 3.80. The Labute approximate surface area is 110 Å². The van der Waals surface area contributed by atoms with Crippen LogP contribution in [0.5, 0.6) is 5.75 Å². The maximum Gasteiger partial charge on any atom is 0.223 e. The quantitative estimate of drug-likeness (QED) is 0.823. The molecule has 0 aliphatic heterocycles. The molecule has 19 heavy (non-hydrogen) atoms. The molecule has 6 heteroatoms. The molecule has 1 aromatic rings. The smallest absolute Gasteiger partial charge is 0.223 e. The van der Waals surface area contributed by atoms with E-state index in [-0.39, 0.29) is 36.6 Å². The number of amides is 1. The van der Waals surface area contributed by atoms with Crippen molar-refractivity contribution in [2.24, 2.45) is 0 Å². The van der Waals surface area contributed by atoms with Crippen LogP contribution in [0, 0.1) is 23.0 Å². The highest BCUT2D eigenvalue weighted by molar-refractivity contribution is 5.76. The van der Waals surface area contributed by atoms with Crippen LogP contribution in [0.15, 0.2) is 12.1 Å². The van der Waals surface area contributed by atoms with Crippen LogP contribution in [-0.2, 0) is 11.3 Å². The van der Waals surface area contributed by atoms with Crippen molar-refractivity contribution in [3.8, 4) is 11.8 Å². The summed E-state index contributed by atoms with van der Waals surface area (Å²) in [6.07, 6.45) is 0.163. The molecule has 0 atom stereocenters. The Hall–Kier alpha value is -2.16. The van der Waals surface area contributed by atoms with Gasteiger partial charge in [-0.05, 0) is 6.07 Å². The number of nitriles is 1. The lowest BCUT2D eigenvalue weighted by Gasteiger charge is -2.17. The van der Waals surface area contributed by atoms with Crippen molar-refractivity contribution >= 4 is 5.91 Å². The summed E-state index contributed by atoms with van der Waals surface area (Å²) in [5.41, 5.74) is 0.0612.